The third-order valence-corrected chi connectivity index (χ3v) is 3.35. The maximum atomic E-state index is 12.2. The van der Waals surface area contributed by atoms with E-state index in [1.165, 1.54) is 0 Å². The lowest BCUT2D eigenvalue weighted by molar-refractivity contribution is -0.159. The molecule has 0 amide bonds. The molecule has 0 aliphatic carbocycles. The summed E-state index contributed by atoms with van der Waals surface area (Å²) in [5, 5.41) is 6.76. The van der Waals surface area contributed by atoms with Gasteiger partial charge in [-0.05, 0) is 39.7 Å². The Morgan fingerprint density at radius 2 is 2.17 bits per heavy atom. The molecule has 0 aromatic carbocycles. The average molecular weight is 256 g/mol. The fourth-order valence-corrected chi connectivity index (χ4v) is 2.12. The second-order valence-corrected chi connectivity index (χ2v) is 6.25. The molecule has 0 spiro atoms. The summed E-state index contributed by atoms with van der Waals surface area (Å²) in [6.07, 6.45) is 2.05. The zero-order chi connectivity index (χ0) is 13.8. The lowest BCUT2D eigenvalue weighted by Crippen LogP contribution is -2.50. The summed E-state index contributed by atoms with van der Waals surface area (Å²) in [5.41, 5.74) is -0.418. The van der Waals surface area contributed by atoms with E-state index in [9.17, 15) is 4.79 Å². The molecule has 0 radical (unpaired) electrons. The highest BCUT2D eigenvalue weighted by Crippen LogP contribution is 2.16. The van der Waals surface area contributed by atoms with Gasteiger partial charge in [-0.15, -0.1) is 0 Å². The first kappa shape index (κ1) is 15.4. The van der Waals surface area contributed by atoms with Crippen molar-refractivity contribution >= 4 is 5.97 Å². The zero-order valence-corrected chi connectivity index (χ0v) is 12.4. The highest BCUT2D eigenvalue weighted by atomic mass is 16.6. The van der Waals surface area contributed by atoms with Crippen molar-refractivity contribution in [3.05, 3.63) is 0 Å². The second-order valence-electron chi connectivity index (χ2n) is 6.25. The van der Waals surface area contributed by atoms with Gasteiger partial charge < -0.3 is 15.4 Å². The van der Waals surface area contributed by atoms with E-state index in [0.29, 0.717) is 12.0 Å². The summed E-state index contributed by atoms with van der Waals surface area (Å²) in [5.74, 6) is 0.171. The summed E-state index contributed by atoms with van der Waals surface area (Å²) >= 11 is 0. The van der Waals surface area contributed by atoms with Crippen LogP contribution in [0.25, 0.3) is 0 Å². The van der Waals surface area contributed by atoms with E-state index in [1.54, 1.807) is 0 Å². The first-order valence-electron chi connectivity index (χ1n) is 7.03. The fourth-order valence-electron chi connectivity index (χ4n) is 2.12. The van der Waals surface area contributed by atoms with Crippen LogP contribution in [0.5, 0.6) is 0 Å². The molecule has 4 nitrogen and oxygen atoms in total. The molecule has 18 heavy (non-hydrogen) atoms. The van der Waals surface area contributed by atoms with Crippen LogP contribution in [0.15, 0.2) is 0 Å². The predicted molar refractivity (Wildman–Crippen MR) is 73.5 cm³/mol. The molecule has 1 fully saturated rings. The van der Waals surface area contributed by atoms with E-state index in [2.05, 4.69) is 24.5 Å². The van der Waals surface area contributed by atoms with Gasteiger partial charge in [0.2, 0.25) is 0 Å². The number of carbonyl (C=O) groups is 1. The van der Waals surface area contributed by atoms with Gasteiger partial charge in [-0.25, -0.2) is 0 Å². The summed E-state index contributed by atoms with van der Waals surface area (Å²) in [4.78, 5) is 12.2. The normalized spacial score (nSPS) is 23.7. The predicted octanol–water partition coefficient (Wildman–Crippen LogP) is 1.69. The Kier molecular flexibility index (Phi) is 5.60. The van der Waals surface area contributed by atoms with Crippen LogP contribution in [-0.4, -0.2) is 36.7 Å². The van der Waals surface area contributed by atoms with Gasteiger partial charge in [-0.2, -0.15) is 0 Å². The summed E-state index contributed by atoms with van der Waals surface area (Å²) in [7, 11) is 0. The first-order chi connectivity index (χ1) is 8.33. The van der Waals surface area contributed by atoms with Gasteiger partial charge >= 0.3 is 5.97 Å². The maximum absolute atomic E-state index is 12.2. The molecule has 1 rings (SSSR count). The molecule has 0 aromatic rings. The molecule has 2 unspecified atom stereocenters. The fraction of sp³-hybridized carbons (Fsp3) is 0.929. The number of nitrogens with one attached hydrogen (secondary N) is 2. The van der Waals surface area contributed by atoms with Gasteiger partial charge in [0.1, 0.15) is 11.6 Å². The summed E-state index contributed by atoms with van der Waals surface area (Å²) < 4.78 is 5.51. The third-order valence-electron chi connectivity index (χ3n) is 3.35. The molecule has 106 valence electrons. The SMILES string of the molecule is CCC(C)C(N[C@H]1CCNC1)C(=O)OC(C)(C)C. The lowest BCUT2D eigenvalue weighted by Gasteiger charge is -2.29. The number of hydrogen-bond donors (Lipinski definition) is 2. The van der Waals surface area contributed by atoms with Gasteiger partial charge in [0, 0.05) is 12.6 Å². The Balaban J connectivity index is 2.61. The molecule has 1 heterocycles. The monoisotopic (exact) mass is 256 g/mol. The van der Waals surface area contributed by atoms with E-state index in [1.807, 2.05) is 20.8 Å². The molecule has 1 aliphatic heterocycles. The van der Waals surface area contributed by atoms with Gasteiger partial charge in [0.15, 0.2) is 0 Å². The third kappa shape index (κ3) is 4.94. The van der Waals surface area contributed by atoms with Crippen molar-refractivity contribution in [2.75, 3.05) is 13.1 Å². The molecule has 1 aliphatic rings. The Morgan fingerprint density at radius 3 is 2.61 bits per heavy atom. The first-order valence-corrected chi connectivity index (χ1v) is 7.03. The molecule has 3 atom stereocenters. The molecular formula is C14H28N2O2. The van der Waals surface area contributed by atoms with Crippen LogP contribution >= 0.6 is 0 Å². The number of rotatable bonds is 5. The van der Waals surface area contributed by atoms with Crippen LogP contribution in [0.4, 0.5) is 0 Å². The van der Waals surface area contributed by atoms with Crippen LogP contribution in [0, 0.1) is 5.92 Å². The van der Waals surface area contributed by atoms with Gasteiger partial charge in [0.25, 0.3) is 0 Å². The Hall–Kier alpha value is -0.610. The molecular weight excluding hydrogens is 228 g/mol. The van der Waals surface area contributed by atoms with Crippen molar-refractivity contribution < 1.29 is 9.53 Å². The molecule has 0 bridgehead atoms. The second kappa shape index (κ2) is 6.53. The van der Waals surface area contributed by atoms with Crippen molar-refractivity contribution in [2.45, 2.75) is 65.1 Å². The number of hydrogen-bond acceptors (Lipinski definition) is 4. The van der Waals surface area contributed by atoms with Crippen LogP contribution < -0.4 is 10.6 Å². The topological polar surface area (TPSA) is 50.4 Å². The molecule has 0 saturated carbocycles. The van der Waals surface area contributed by atoms with E-state index >= 15 is 0 Å². The minimum atomic E-state index is -0.418. The minimum Gasteiger partial charge on any atom is -0.459 e. The highest BCUT2D eigenvalue weighted by Gasteiger charge is 2.31. The largest absolute Gasteiger partial charge is 0.459 e. The quantitative estimate of drug-likeness (QED) is 0.735. The summed E-state index contributed by atoms with van der Waals surface area (Å²) in [6, 6.07) is 0.190. The number of ether oxygens (including phenoxy) is 1. The zero-order valence-electron chi connectivity index (χ0n) is 12.4. The minimum absolute atomic E-state index is 0.122. The molecule has 4 heteroatoms. The number of carbonyl (C=O) groups excluding carboxylic acids is 1. The average Bonchev–Trinajstić information content (AvgIpc) is 2.75. The van der Waals surface area contributed by atoms with Crippen molar-refractivity contribution in [1.29, 1.82) is 0 Å². The molecule has 2 N–H and O–H groups in total. The number of esters is 1. The van der Waals surface area contributed by atoms with Crippen molar-refractivity contribution in [3.8, 4) is 0 Å². The van der Waals surface area contributed by atoms with Crippen LogP contribution in [0.1, 0.15) is 47.5 Å². The van der Waals surface area contributed by atoms with Crippen molar-refractivity contribution in [3.63, 3.8) is 0 Å². The highest BCUT2D eigenvalue weighted by molar-refractivity contribution is 5.76. The van der Waals surface area contributed by atoms with Gasteiger partial charge in [0.05, 0.1) is 0 Å². The van der Waals surface area contributed by atoms with Crippen molar-refractivity contribution in [2.24, 2.45) is 5.92 Å². The maximum Gasteiger partial charge on any atom is 0.323 e. The summed E-state index contributed by atoms with van der Waals surface area (Å²) in [6.45, 7) is 11.9. The van der Waals surface area contributed by atoms with E-state index < -0.39 is 5.60 Å². The molecule has 0 aromatic heterocycles. The Bertz CT molecular complexity index is 267. The van der Waals surface area contributed by atoms with Crippen LogP contribution in [0.2, 0.25) is 0 Å². The van der Waals surface area contributed by atoms with E-state index in [4.69, 9.17) is 4.74 Å². The Labute approximate surface area is 111 Å². The van der Waals surface area contributed by atoms with Crippen LogP contribution in [-0.2, 0) is 9.53 Å². The molecule has 1 saturated heterocycles. The van der Waals surface area contributed by atoms with Gasteiger partial charge in [-0.3, -0.25) is 4.79 Å². The van der Waals surface area contributed by atoms with E-state index in [0.717, 1.165) is 25.9 Å². The van der Waals surface area contributed by atoms with Gasteiger partial charge in [-0.1, -0.05) is 20.3 Å². The lowest BCUT2D eigenvalue weighted by atomic mass is 9.97. The van der Waals surface area contributed by atoms with E-state index in [-0.39, 0.29) is 12.0 Å². The van der Waals surface area contributed by atoms with Crippen molar-refractivity contribution in [1.82, 2.24) is 10.6 Å². The Morgan fingerprint density at radius 1 is 1.50 bits per heavy atom. The standard InChI is InChI=1S/C14H28N2O2/c1-6-10(2)12(13(17)18-14(3,4)5)16-11-7-8-15-9-11/h10-12,15-16H,6-9H2,1-5H3/t10?,11-,12?/m0/s1. The smallest absolute Gasteiger partial charge is 0.323 e. The van der Waals surface area contributed by atoms with Crippen LogP contribution in [0.3, 0.4) is 0 Å².